The molecule has 0 aromatic carbocycles. The van der Waals surface area contributed by atoms with Crippen LogP contribution in [0, 0.1) is 13.8 Å². The van der Waals surface area contributed by atoms with Crippen LogP contribution in [0.2, 0.25) is 15.1 Å². The zero-order chi connectivity index (χ0) is 14.2. The third kappa shape index (κ3) is 3.00. The van der Waals surface area contributed by atoms with Gasteiger partial charge in [-0.3, -0.25) is 10.1 Å². The summed E-state index contributed by atoms with van der Waals surface area (Å²) in [5, 5.41) is 3.45. The van der Waals surface area contributed by atoms with Crippen molar-refractivity contribution >= 4 is 57.2 Å². The molecule has 0 spiro atoms. The van der Waals surface area contributed by atoms with Crippen LogP contribution in [0.4, 0.5) is 5.13 Å². The number of halogens is 3. The van der Waals surface area contributed by atoms with Crippen molar-refractivity contribution in [3.63, 3.8) is 0 Å². The molecular formula is C11H8Cl3N3OS. The Kier molecular flexibility index (Phi) is 4.30. The number of nitrogens with one attached hydrogen (secondary N) is 1. The van der Waals surface area contributed by atoms with Gasteiger partial charge in [0.2, 0.25) is 0 Å². The number of amides is 1. The van der Waals surface area contributed by atoms with Gasteiger partial charge in [-0.25, -0.2) is 9.97 Å². The molecule has 0 aliphatic heterocycles. The topological polar surface area (TPSA) is 54.9 Å². The Morgan fingerprint density at radius 2 is 1.95 bits per heavy atom. The van der Waals surface area contributed by atoms with E-state index in [0.717, 1.165) is 10.6 Å². The summed E-state index contributed by atoms with van der Waals surface area (Å²) >= 11 is 18.9. The van der Waals surface area contributed by atoms with Gasteiger partial charge in [0.05, 0.1) is 20.8 Å². The lowest BCUT2D eigenvalue weighted by Gasteiger charge is -2.05. The highest BCUT2D eigenvalue weighted by atomic mass is 35.5. The summed E-state index contributed by atoms with van der Waals surface area (Å²) in [6.07, 6.45) is 1.28. The second-order valence-corrected chi connectivity index (χ2v) is 6.06. The lowest BCUT2D eigenvalue weighted by atomic mass is 10.3. The summed E-state index contributed by atoms with van der Waals surface area (Å²) in [4.78, 5) is 21.1. The van der Waals surface area contributed by atoms with Crippen molar-refractivity contribution in [3.8, 4) is 0 Å². The van der Waals surface area contributed by atoms with Gasteiger partial charge in [-0.15, -0.1) is 11.3 Å². The van der Waals surface area contributed by atoms with E-state index < -0.39 is 5.91 Å². The smallest absolute Gasteiger partial charge is 0.277 e. The van der Waals surface area contributed by atoms with Gasteiger partial charge in [0, 0.05) is 11.1 Å². The molecule has 1 N–H and O–H groups in total. The first-order chi connectivity index (χ1) is 8.90. The fourth-order valence-corrected chi connectivity index (χ4v) is 2.66. The molecule has 0 aliphatic rings. The van der Waals surface area contributed by atoms with Crippen molar-refractivity contribution in [3.05, 3.63) is 37.5 Å². The summed E-state index contributed by atoms with van der Waals surface area (Å²) in [6.45, 7) is 3.79. The first kappa shape index (κ1) is 14.5. The van der Waals surface area contributed by atoms with Gasteiger partial charge in [-0.2, -0.15) is 0 Å². The average Bonchev–Trinajstić information content (AvgIpc) is 2.65. The normalized spacial score (nSPS) is 10.6. The molecule has 0 unspecified atom stereocenters. The molecule has 0 radical (unpaired) electrons. The van der Waals surface area contributed by atoms with Gasteiger partial charge in [0.15, 0.2) is 5.13 Å². The number of carbonyl (C=O) groups excluding carboxylic acids is 1. The molecule has 8 heteroatoms. The Labute approximate surface area is 128 Å². The van der Waals surface area contributed by atoms with E-state index in [2.05, 4.69) is 15.3 Å². The highest BCUT2D eigenvalue weighted by Gasteiger charge is 2.18. The number of rotatable bonds is 2. The van der Waals surface area contributed by atoms with Crippen LogP contribution in [-0.2, 0) is 0 Å². The van der Waals surface area contributed by atoms with Crippen molar-refractivity contribution in [1.82, 2.24) is 9.97 Å². The van der Waals surface area contributed by atoms with Crippen molar-refractivity contribution in [2.24, 2.45) is 0 Å². The maximum absolute atomic E-state index is 12.0. The van der Waals surface area contributed by atoms with E-state index in [4.69, 9.17) is 34.8 Å². The number of carbonyl (C=O) groups is 1. The lowest BCUT2D eigenvalue weighted by molar-refractivity contribution is 0.102. The number of anilines is 1. The minimum atomic E-state index is -0.475. The number of aromatic nitrogens is 2. The Morgan fingerprint density at radius 1 is 1.26 bits per heavy atom. The Hall–Kier alpha value is -0.880. The first-order valence-corrected chi connectivity index (χ1v) is 7.10. The van der Waals surface area contributed by atoms with Gasteiger partial charge >= 0.3 is 0 Å². The molecule has 2 aromatic rings. The summed E-state index contributed by atoms with van der Waals surface area (Å²) < 4.78 is 0. The maximum Gasteiger partial charge on any atom is 0.277 e. The fourth-order valence-electron chi connectivity index (χ4n) is 1.28. The van der Waals surface area contributed by atoms with Gasteiger partial charge in [0.1, 0.15) is 5.69 Å². The zero-order valence-electron chi connectivity index (χ0n) is 9.92. The van der Waals surface area contributed by atoms with E-state index in [1.165, 1.54) is 17.5 Å². The van der Waals surface area contributed by atoms with Crippen LogP contribution in [-0.4, -0.2) is 15.9 Å². The number of thiazole rings is 1. The molecule has 1 amide bonds. The highest BCUT2D eigenvalue weighted by molar-refractivity contribution is 7.15. The quantitative estimate of drug-likeness (QED) is 0.886. The van der Waals surface area contributed by atoms with Crippen molar-refractivity contribution in [2.75, 3.05) is 5.32 Å². The molecule has 0 fully saturated rings. The number of nitrogens with zero attached hydrogens (tertiary/aromatic N) is 2. The minimum absolute atomic E-state index is 0.0153. The fraction of sp³-hybridized carbons (Fsp3) is 0.182. The largest absolute Gasteiger partial charge is 0.296 e. The number of hydrogen-bond acceptors (Lipinski definition) is 4. The molecule has 0 aliphatic carbocycles. The molecule has 0 saturated heterocycles. The van der Waals surface area contributed by atoms with E-state index in [1.807, 2.05) is 13.8 Å². The molecular weight excluding hydrogens is 329 g/mol. The van der Waals surface area contributed by atoms with Crippen LogP contribution < -0.4 is 5.32 Å². The van der Waals surface area contributed by atoms with Crippen LogP contribution in [0.5, 0.6) is 0 Å². The molecule has 19 heavy (non-hydrogen) atoms. The first-order valence-electron chi connectivity index (χ1n) is 5.15. The molecule has 2 aromatic heterocycles. The molecule has 0 atom stereocenters. The van der Waals surface area contributed by atoms with Gasteiger partial charge in [-0.05, 0) is 13.8 Å². The molecule has 100 valence electrons. The van der Waals surface area contributed by atoms with Crippen LogP contribution >= 0.6 is 46.1 Å². The summed E-state index contributed by atoms with van der Waals surface area (Å²) in [5.41, 5.74) is 0.884. The van der Waals surface area contributed by atoms with E-state index >= 15 is 0 Å². The van der Waals surface area contributed by atoms with Gasteiger partial charge < -0.3 is 0 Å². The van der Waals surface area contributed by atoms with Crippen molar-refractivity contribution < 1.29 is 4.79 Å². The Bertz CT molecular complexity index is 637. The van der Waals surface area contributed by atoms with Crippen molar-refractivity contribution in [1.29, 1.82) is 0 Å². The van der Waals surface area contributed by atoms with E-state index in [-0.39, 0.29) is 20.8 Å². The summed E-state index contributed by atoms with van der Waals surface area (Å²) in [7, 11) is 0. The Balaban J connectivity index is 2.28. The minimum Gasteiger partial charge on any atom is -0.296 e. The van der Waals surface area contributed by atoms with Crippen LogP contribution in [0.15, 0.2) is 6.20 Å². The van der Waals surface area contributed by atoms with E-state index in [1.54, 1.807) is 0 Å². The third-order valence-electron chi connectivity index (χ3n) is 2.38. The highest BCUT2D eigenvalue weighted by Crippen LogP contribution is 2.31. The second kappa shape index (κ2) is 5.63. The number of pyridine rings is 1. The van der Waals surface area contributed by atoms with Gasteiger partial charge in [0.25, 0.3) is 5.91 Å². The van der Waals surface area contributed by atoms with Crippen molar-refractivity contribution in [2.45, 2.75) is 13.8 Å². The SMILES string of the molecule is Cc1nc(NC(=O)c2ncc(Cl)c(Cl)c2Cl)sc1C. The van der Waals surface area contributed by atoms with Crippen LogP contribution in [0.1, 0.15) is 21.1 Å². The summed E-state index contributed by atoms with van der Waals surface area (Å²) in [5.74, 6) is -0.475. The van der Waals surface area contributed by atoms with Crippen LogP contribution in [0.25, 0.3) is 0 Å². The lowest BCUT2D eigenvalue weighted by Crippen LogP contribution is -2.14. The maximum atomic E-state index is 12.0. The molecule has 0 bridgehead atoms. The second-order valence-electron chi connectivity index (χ2n) is 3.70. The predicted molar refractivity (Wildman–Crippen MR) is 78.8 cm³/mol. The summed E-state index contributed by atoms with van der Waals surface area (Å²) in [6, 6.07) is 0. The molecule has 4 nitrogen and oxygen atoms in total. The third-order valence-corrected chi connectivity index (χ3v) is 4.61. The van der Waals surface area contributed by atoms with Gasteiger partial charge in [-0.1, -0.05) is 34.8 Å². The number of hydrogen-bond donors (Lipinski definition) is 1. The monoisotopic (exact) mass is 335 g/mol. The number of aryl methyl sites for hydroxylation is 2. The standard InChI is InChI=1S/C11H8Cl3N3OS/c1-4-5(2)19-11(16-4)17-10(18)9-8(14)7(13)6(12)3-15-9/h3H,1-2H3,(H,16,17,18). The average molecular weight is 337 g/mol. The van der Waals surface area contributed by atoms with E-state index in [9.17, 15) is 4.79 Å². The molecule has 2 heterocycles. The predicted octanol–water partition coefficient (Wildman–Crippen LogP) is 4.37. The molecule has 2 rings (SSSR count). The molecule has 0 saturated carbocycles. The Morgan fingerprint density at radius 3 is 2.53 bits per heavy atom. The zero-order valence-corrected chi connectivity index (χ0v) is 13.0. The van der Waals surface area contributed by atoms with E-state index in [0.29, 0.717) is 5.13 Å². The van der Waals surface area contributed by atoms with Crippen LogP contribution in [0.3, 0.4) is 0 Å².